The molecule has 0 aliphatic heterocycles. The number of hydrogen-bond donors (Lipinski definition) is 1. The maximum Gasteiger partial charge on any atom is 0.131 e. The molecule has 0 aliphatic rings. The summed E-state index contributed by atoms with van der Waals surface area (Å²) >= 11 is 7.58. The van der Waals surface area contributed by atoms with E-state index in [4.69, 9.17) is 16.3 Å². The van der Waals surface area contributed by atoms with Crippen molar-refractivity contribution in [1.82, 2.24) is 10.3 Å². The second kappa shape index (κ2) is 7.07. The monoisotopic (exact) mass is 310 g/mol. The molecule has 0 saturated heterocycles. The smallest absolute Gasteiger partial charge is 0.131 e. The number of hydrogen-bond acceptors (Lipinski definition) is 4. The first-order valence-corrected chi connectivity index (χ1v) is 7.86. The molecule has 2 aromatic rings. The van der Waals surface area contributed by atoms with Gasteiger partial charge in [0.2, 0.25) is 0 Å². The van der Waals surface area contributed by atoms with Crippen LogP contribution in [0.1, 0.15) is 30.1 Å². The Labute approximate surface area is 129 Å². The number of halogens is 1. The minimum atomic E-state index is 0.468. The fourth-order valence-corrected chi connectivity index (χ4v) is 2.67. The van der Waals surface area contributed by atoms with Gasteiger partial charge in [0.1, 0.15) is 17.4 Å². The van der Waals surface area contributed by atoms with E-state index in [0.29, 0.717) is 12.6 Å². The van der Waals surface area contributed by atoms with Crippen molar-refractivity contribution in [2.24, 2.45) is 0 Å². The summed E-state index contributed by atoms with van der Waals surface area (Å²) in [5.74, 6) is 0.851. The Kier molecular flexibility index (Phi) is 5.40. The summed E-state index contributed by atoms with van der Waals surface area (Å²) in [5, 5.41) is 7.22. The Bertz CT molecular complexity index is 569. The average molecular weight is 311 g/mol. The molecular formula is C15H19ClN2OS. The van der Waals surface area contributed by atoms with Gasteiger partial charge in [-0.1, -0.05) is 25.4 Å². The van der Waals surface area contributed by atoms with Gasteiger partial charge in [0.05, 0.1) is 5.69 Å². The lowest BCUT2D eigenvalue weighted by molar-refractivity contribution is 0.300. The molecule has 3 nitrogen and oxygen atoms in total. The van der Waals surface area contributed by atoms with Crippen LogP contribution in [-0.2, 0) is 13.2 Å². The summed E-state index contributed by atoms with van der Waals surface area (Å²) in [6.45, 7) is 7.53. The van der Waals surface area contributed by atoms with Crippen LogP contribution in [0.2, 0.25) is 5.02 Å². The molecule has 20 heavy (non-hydrogen) atoms. The third-order valence-corrected chi connectivity index (χ3v) is 3.91. The normalized spacial score (nSPS) is 11.1. The van der Waals surface area contributed by atoms with Gasteiger partial charge in [0.25, 0.3) is 0 Å². The van der Waals surface area contributed by atoms with Crippen molar-refractivity contribution in [3.8, 4) is 5.75 Å². The highest BCUT2D eigenvalue weighted by molar-refractivity contribution is 7.09. The van der Waals surface area contributed by atoms with Gasteiger partial charge in [0.15, 0.2) is 0 Å². The lowest BCUT2D eigenvalue weighted by Crippen LogP contribution is -2.21. The first-order valence-electron chi connectivity index (χ1n) is 6.60. The highest BCUT2D eigenvalue weighted by atomic mass is 35.5. The molecule has 0 aliphatic carbocycles. The van der Waals surface area contributed by atoms with Gasteiger partial charge in [-0.2, -0.15) is 0 Å². The topological polar surface area (TPSA) is 34.1 Å². The van der Waals surface area contributed by atoms with Crippen molar-refractivity contribution < 1.29 is 4.74 Å². The first kappa shape index (κ1) is 15.3. The van der Waals surface area contributed by atoms with Crippen LogP contribution in [-0.4, -0.2) is 11.0 Å². The lowest BCUT2D eigenvalue weighted by atomic mass is 10.2. The van der Waals surface area contributed by atoms with Gasteiger partial charge >= 0.3 is 0 Å². The number of ether oxygens (including phenoxy) is 1. The summed E-state index contributed by atoms with van der Waals surface area (Å²) < 4.78 is 5.78. The van der Waals surface area contributed by atoms with Crippen LogP contribution in [0.3, 0.4) is 0 Å². The fourth-order valence-electron chi connectivity index (χ4n) is 1.71. The molecule has 1 aromatic carbocycles. The number of thiazole rings is 1. The lowest BCUT2D eigenvalue weighted by Gasteiger charge is -2.08. The molecule has 0 saturated carbocycles. The van der Waals surface area contributed by atoms with Crippen molar-refractivity contribution >= 4 is 22.9 Å². The van der Waals surface area contributed by atoms with Gasteiger partial charge < -0.3 is 10.1 Å². The van der Waals surface area contributed by atoms with Crippen LogP contribution in [0.15, 0.2) is 23.6 Å². The molecule has 1 N–H and O–H groups in total. The van der Waals surface area contributed by atoms with Gasteiger partial charge in [-0.05, 0) is 30.7 Å². The molecule has 0 atom stereocenters. The summed E-state index contributed by atoms with van der Waals surface area (Å²) in [6, 6.07) is 6.10. The molecule has 0 spiro atoms. The zero-order valence-electron chi connectivity index (χ0n) is 11.9. The number of rotatable bonds is 6. The van der Waals surface area contributed by atoms with E-state index in [0.717, 1.165) is 33.6 Å². The summed E-state index contributed by atoms with van der Waals surface area (Å²) in [6.07, 6.45) is 0. The number of benzene rings is 1. The zero-order valence-corrected chi connectivity index (χ0v) is 13.5. The van der Waals surface area contributed by atoms with Gasteiger partial charge in [-0.3, -0.25) is 0 Å². The van der Waals surface area contributed by atoms with Gasteiger partial charge in [-0.25, -0.2) is 4.98 Å². The van der Waals surface area contributed by atoms with Crippen LogP contribution >= 0.6 is 22.9 Å². The summed E-state index contributed by atoms with van der Waals surface area (Å²) in [7, 11) is 0. The Balaban J connectivity index is 1.90. The van der Waals surface area contributed by atoms with E-state index in [2.05, 4.69) is 24.1 Å². The van der Waals surface area contributed by atoms with Crippen LogP contribution < -0.4 is 10.1 Å². The molecule has 0 bridgehead atoms. The quantitative estimate of drug-likeness (QED) is 0.869. The summed E-state index contributed by atoms with van der Waals surface area (Å²) in [5.41, 5.74) is 2.00. The molecule has 1 aromatic heterocycles. The first-order chi connectivity index (χ1) is 9.54. The molecule has 0 fully saturated rings. The second-order valence-electron chi connectivity index (χ2n) is 4.97. The maximum atomic E-state index is 5.92. The number of nitrogens with one attached hydrogen (secondary N) is 1. The highest BCUT2D eigenvalue weighted by Crippen LogP contribution is 2.23. The molecule has 0 radical (unpaired) electrons. The van der Waals surface area contributed by atoms with Crippen molar-refractivity contribution in [3.63, 3.8) is 0 Å². The predicted octanol–water partition coefficient (Wildman–Crippen LogP) is 4.18. The van der Waals surface area contributed by atoms with Gasteiger partial charge in [0, 0.05) is 23.0 Å². The predicted molar refractivity (Wildman–Crippen MR) is 84.6 cm³/mol. The van der Waals surface area contributed by atoms with Crippen molar-refractivity contribution in [1.29, 1.82) is 0 Å². The second-order valence-corrected chi connectivity index (χ2v) is 6.35. The summed E-state index contributed by atoms with van der Waals surface area (Å²) in [4.78, 5) is 4.55. The van der Waals surface area contributed by atoms with E-state index >= 15 is 0 Å². The van der Waals surface area contributed by atoms with Crippen LogP contribution in [0.5, 0.6) is 5.75 Å². The standard InChI is InChI=1S/C15H19ClN2OS/c1-10(2)17-7-15-18-13(9-20-15)8-19-14-5-4-12(16)6-11(14)3/h4-6,9-10,17H,7-8H2,1-3H3. The van der Waals surface area contributed by atoms with Gasteiger partial charge in [-0.15, -0.1) is 11.3 Å². The molecule has 0 unspecified atom stereocenters. The molecule has 0 amide bonds. The third kappa shape index (κ3) is 4.47. The van der Waals surface area contributed by atoms with E-state index in [1.54, 1.807) is 11.3 Å². The number of aromatic nitrogens is 1. The molecular weight excluding hydrogens is 292 g/mol. The maximum absolute atomic E-state index is 5.92. The van der Waals surface area contributed by atoms with E-state index in [1.165, 1.54) is 0 Å². The third-order valence-electron chi connectivity index (χ3n) is 2.77. The van der Waals surface area contributed by atoms with Crippen molar-refractivity contribution in [2.75, 3.05) is 0 Å². The SMILES string of the molecule is Cc1cc(Cl)ccc1OCc1csc(CNC(C)C)n1. The van der Waals surface area contributed by atoms with E-state index < -0.39 is 0 Å². The average Bonchev–Trinajstić information content (AvgIpc) is 2.83. The van der Waals surface area contributed by atoms with Crippen LogP contribution in [0.4, 0.5) is 0 Å². The highest BCUT2D eigenvalue weighted by Gasteiger charge is 2.05. The van der Waals surface area contributed by atoms with E-state index in [9.17, 15) is 0 Å². The number of nitrogens with zero attached hydrogens (tertiary/aromatic N) is 1. The molecule has 5 heteroatoms. The Morgan fingerprint density at radius 1 is 1.40 bits per heavy atom. The Morgan fingerprint density at radius 2 is 2.20 bits per heavy atom. The van der Waals surface area contributed by atoms with Crippen LogP contribution in [0, 0.1) is 6.92 Å². The Hall–Kier alpha value is -1.10. The van der Waals surface area contributed by atoms with E-state index in [1.807, 2.05) is 30.5 Å². The van der Waals surface area contributed by atoms with Crippen molar-refractivity contribution in [3.05, 3.63) is 44.9 Å². The largest absolute Gasteiger partial charge is 0.487 e. The van der Waals surface area contributed by atoms with Crippen LogP contribution in [0.25, 0.3) is 0 Å². The Morgan fingerprint density at radius 3 is 2.90 bits per heavy atom. The number of aryl methyl sites for hydroxylation is 1. The molecule has 108 valence electrons. The minimum Gasteiger partial charge on any atom is -0.487 e. The minimum absolute atomic E-state index is 0.468. The van der Waals surface area contributed by atoms with Crippen molar-refractivity contribution in [2.45, 2.75) is 40.0 Å². The fraction of sp³-hybridized carbons (Fsp3) is 0.400. The molecule has 2 rings (SSSR count). The van der Waals surface area contributed by atoms with E-state index in [-0.39, 0.29) is 0 Å². The molecule has 1 heterocycles. The zero-order chi connectivity index (χ0) is 14.5.